The van der Waals surface area contributed by atoms with Crippen LogP contribution in [0.4, 0.5) is 5.95 Å². The van der Waals surface area contributed by atoms with Gasteiger partial charge in [-0.2, -0.15) is 0 Å². The van der Waals surface area contributed by atoms with Crippen LogP contribution < -0.4 is 10.1 Å². The van der Waals surface area contributed by atoms with Crippen molar-refractivity contribution in [2.75, 3.05) is 19.5 Å². The van der Waals surface area contributed by atoms with E-state index in [-0.39, 0.29) is 0 Å². The van der Waals surface area contributed by atoms with Crippen LogP contribution in [0.25, 0.3) is 5.69 Å². The van der Waals surface area contributed by atoms with Crippen molar-refractivity contribution in [1.82, 2.24) is 9.55 Å². The van der Waals surface area contributed by atoms with E-state index in [1.807, 2.05) is 36.0 Å². The van der Waals surface area contributed by atoms with Crippen molar-refractivity contribution in [3.8, 4) is 11.4 Å². The van der Waals surface area contributed by atoms with E-state index in [4.69, 9.17) is 4.74 Å². The van der Waals surface area contributed by atoms with Gasteiger partial charge in [-0.15, -0.1) is 0 Å². The van der Waals surface area contributed by atoms with Crippen molar-refractivity contribution in [3.05, 3.63) is 35.1 Å². The second-order valence-electron chi connectivity index (χ2n) is 3.19. The second-order valence-corrected chi connectivity index (χ2v) is 4.10. The van der Waals surface area contributed by atoms with E-state index in [0.717, 1.165) is 21.9 Å². The number of hydrogen-bond donors (Lipinski definition) is 1. The van der Waals surface area contributed by atoms with Crippen molar-refractivity contribution in [2.45, 2.75) is 0 Å². The normalized spacial score (nSPS) is 10.2. The highest BCUT2D eigenvalue weighted by molar-refractivity contribution is 9.10. The van der Waals surface area contributed by atoms with Crippen LogP contribution in [0.2, 0.25) is 0 Å². The van der Waals surface area contributed by atoms with Crippen LogP contribution >= 0.6 is 15.9 Å². The molecule has 0 saturated heterocycles. The van der Waals surface area contributed by atoms with Crippen LogP contribution in [-0.4, -0.2) is 23.7 Å². The van der Waals surface area contributed by atoms with Gasteiger partial charge in [0.15, 0.2) is 0 Å². The van der Waals surface area contributed by atoms with Crippen LogP contribution in [0.15, 0.2) is 35.1 Å². The molecule has 0 aliphatic carbocycles. The van der Waals surface area contributed by atoms with Crippen molar-refractivity contribution in [2.24, 2.45) is 0 Å². The second kappa shape index (κ2) is 4.57. The number of rotatable bonds is 3. The minimum Gasteiger partial charge on any atom is -0.495 e. The number of benzene rings is 1. The van der Waals surface area contributed by atoms with Gasteiger partial charge < -0.3 is 10.1 Å². The maximum absolute atomic E-state index is 5.33. The first-order chi connectivity index (χ1) is 7.76. The number of methoxy groups -OCH3 is 1. The minimum atomic E-state index is 0.774. The van der Waals surface area contributed by atoms with E-state index >= 15 is 0 Å². The highest BCUT2D eigenvalue weighted by Crippen LogP contribution is 2.28. The fourth-order valence-corrected chi connectivity index (χ4v) is 1.88. The van der Waals surface area contributed by atoms with Crippen molar-refractivity contribution in [3.63, 3.8) is 0 Å². The third-order valence-electron chi connectivity index (χ3n) is 2.26. The molecule has 0 fully saturated rings. The SMILES string of the molecule is CNc1nccn1-c1cc(Br)ccc1OC. The fourth-order valence-electron chi connectivity index (χ4n) is 1.53. The summed E-state index contributed by atoms with van der Waals surface area (Å²) in [7, 11) is 3.49. The summed E-state index contributed by atoms with van der Waals surface area (Å²) in [6.45, 7) is 0. The van der Waals surface area contributed by atoms with E-state index in [2.05, 4.69) is 26.2 Å². The van der Waals surface area contributed by atoms with Gasteiger partial charge in [-0.05, 0) is 18.2 Å². The summed E-state index contributed by atoms with van der Waals surface area (Å²) in [5, 5.41) is 3.03. The first-order valence-electron chi connectivity index (χ1n) is 4.81. The molecule has 0 amide bonds. The zero-order valence-electron chi connectivity index (χ0n) is 9.07. The maximum Gasteiger partial charge on any atom is 0.207 e. The molecule has 1 N–H and O–H groups in total. The molecule has 0 aliphatic heterocycles. The molecule has 0 bridgehead atoms. The summed E-state index contributed by atoms with van der Waals surface area (Å²) < 4.78 is 8.26. The predicted molar refractivity (Wildman–Crippen MR) is 67.4 cm³/mol. The molecule has 0 saturated carbocycles. The van der Waals surface area contributed by atoms with Gasteiger partial charge in [-0.1, -0.05) is 15.9 Å². The Kier molecular flexibility index (Phi) is 3.14. The highest BCUT2D eigenvalue weighted by atomic mass is 79.9. The number of nitrogens with one attached hydrogen (secondary N) is 1. The molecule has 1 aromatic carbocycles. The van der Waals surface area contributed by atoms with Gasteiger partial charge in [-0.3, -0.25) is 4.57 Å². The van der Waals surface area contributed by atoms with Gasteiger partial charge in [0, 0.05) is 23.9 Å². The number of hydrogen-bond acceptors (Lipinski definition) is 3. The summed E-state index contributed by atoms with van der Waals surface area (Å²) in [5.74, 6) is 1.58. The Labute approximate surface area is 102 Å². The van der Waals surface area contributed by atoms with Crippen molar-refractivity contribution in [1.29, 1.82) is 0 Å². The monoisotopic (exact) mass is 281 g/mol. The smallest absolute Gasteiger partial charge is 0.207 e. The molecule has 0 radical (unpaired) electrons. The molecule has 2 aromatic rings. The number of imidazole rings is 1. The Morgan fingerprint density at radius 3 is 2.94 bits per heavy atom. The van der Waals surface area contributed by atoms with Crippen LogP contribution in [0.5, 0.6) is 5.75 Å². The zero-order chi connectivity index (χ0) is 11.5. The molecule has 0 spiro atoms. The van der Waals surface area contributed by atoms with Crippen LogP contribution in [0.1, 0.15) is 0 Å². The third kappa shape index (κ3) is 1.90. The van der Waals surface area contributed by atoms with Crippen molar-refractivity contribution >= 4 is 21.9 Å². The topological polar surface area (TPSA) is 39.1 Å². The molecule has 0 atom stereocenters. The van der Waals surface area contributed by atoms with Crippen LogP contribution in [0, 0.1) is 0 Å². The summed E-state index contributed by atoms with van der Waals surface area (Å²) in [4.78, 5) is 4.20. The van der Waals surface area contributed by atoms with Gasteiger partial charge in [0.25, 0.3) is 0 Å². The number of nitrogens with zero attached hydrogens (tertiary/aromatic N) is 2. The van der Waals surface area contributed by atoms with Gasteiger partial charge >= 0.3 is 0 Å². The van der Waals surface area contributed by atoms with Gasteiger partial charge in [-0.25, -0.2) is 4.98 Å². The van der Waals surface area contributed by atoms with Gasteiger partial charge in [0.05, 0.1) is 12.8 Å². The van der Waals surface area contributed by atoms with Gasteiger partial charge in [0.2, 0.25) is 5.95 Å². The predicted octanol–water partition coefficient (Wildman–Crippen LogP) is 2.69. The van der Waals surface area contributed by atoms with Crippen LogP contribution in [-0.2, 0) is 0 Å². The molecule has 4 nitrogen and oxygen atoms in total. The number of ether oxygens (including phenoxy) is 1. The van der Waals surface area contributed by atoms with E-state index in [1.54, 1.807) is 13.3 Å². The van der Waals surface area contributed by atoms with E-state index in [1.165, 1.54) is 0 Å². The number of halogens is 1. The quantitative estimate of drug-likeness (QED) is 0.940. The zero-order valence-corrected chi connectivity index (χ0v) is 10.7. The average molecular weight is 282 g/mol. The van der Waals surface area contributed by atoms with E-state index < -0.39 is 0 Å². The molecule has 2 rings (SSSR count). The lowest BCUT2D eigenvalue weighted by atomic mass is 10.3. The molecular formula is C11H12BrN3O. The molecule has 1 aromatic heterocycles. The van der Waals surface area contributed by atoms with E-state index in [9.17, 15) is 0 Å². The lowest BCUT2D eigenvalue weighted by Crippen LogP contribution is -2.02. The number of aromatic nitrogens is 2. The Hall–Kier alpha value is -1.49. The lowest BCUT2D eigenvalue weighted by Gasteiger charge is -2.12. The standard InChI is InChI=1S/C11H12BrN3O/c1-13-11-14-5-6-15(11)9-7-8(12)3-4-10(9)16-2/h3-7H,1-2H3,(H,13,14). The van der Waals surface area contributed by atoms with Crippen LogP contribution in [0.3, 0.4) is 0 Å². The Bertz CT molecular complexity index is 496. The molecule has 0 aliphatic rings. The summed E-state index contributed by atoms with van der Waals surface area (Å²) in [6, 6.07) is 5.85. The Morgan fingerprint density at radius 1 is 1.44 bits per heavy atom. The first-order valence-corrected chi connectivity index (χ1v) is 5.60. The fraction of sp³-hybridized carbons (Fsp3) is 0.182. The number of anilines is 1. The molecule has 84 valence electrons. The summed E-state index contributed by atoms with van der Waals surface area (Å²) in [5.41, 5.74) is 0.943. The van der Waals surface area contributed by atoms with Crippen molar-refractivity contribution < 1.29 is 4.74 Å². The molecule has 5 heteroatoms. The first kappa shape index (κ1) is 11.0. The molecule has 0 unspecified atom stereocenters. The Morgan fingerprint density at radius 2 is 2.25 bits per heavy atom. The van der Waals surface area contributed by atoms with Gasteiger partial charge in [0.1, 0.15) is 5.75 Å². The summed E-state index contributed by atoms with van der Waals surface area (Å²) in [6.07, 6.45) is 3.63. The largest absolute Gasteiger partial charge is 0.495 e. The lowest BCUT2D eigenvalue weighted by molar-refractivity contribution is 0.413. The highest BCUT2D eigenvalue weighted by Gasteiger charge is 2.09. The molecular weight excluding hydrogens is 270 g/mol. The average Bonchev–Trinajstić information content (AvgIpc) is 2.76. The molecule has 1 heterocycles. The maximum atomic E-state index is 5.33. The Balaban J connectivity index is 2.58. The minimum absolute atomic E-state index is 0.774. The summed E-state index contributed by atoms with van der Waals surface area (Å²) >= 11 is 3.45. The molecule has 16 heavy (non-hydrogen) atoms. The third-order valence-corrected chi connectivity index (χ3v) is 2.76. The van der Waals surface area contributed by atoms with E-state index in [0.29, 0.717) is 0 Å².